The van der Waals surface area contributed by atoms with Crippen molar-refractivity contribution in [2.24, 2.45) is 7.05 Å². The number of hydrogen-bond acceptors (Lipinski definition) is 4. The number of rotatable bonds is 7. The van der Waals surface area contributed by atoms with E-state index in [1.165, 1.54) is 29.9 Å². The van der Waals surface area contributed by atoms with Gasteiger partial charge in [-0.3, -0.25) is 18.6 Å². The minimum atomic E-state index is -4.07. The van der Waals surface area contributed by atoms with Gasteiger partial charge in [-0.05, 0) is 43.7 Å². The highest BCUT2D eigenvalue weighted by molar-refractivity contribution is 7.92. The molecular weight excluding hydrogens is 416 g/mol. The monoisotopic (exact) mass is 442 g/mol. The first-order valence-electron chi connectivity index (χ1n) is 9.91. The summed E-state index contributed by atoms with van der Waals surface area (Å²) in [6, 6.07) is 14.8. The molecule has 0 radical (unpaired) electrons. The molecule has 1 amide bonds. The molecule has 1 aromatic heterocycles. The van der Waals surface area contributed by atoms with Gasteiger partial charge >= 0.3 is 0 Å². The van der Waals surface area contributed by atoms with Crippen LogP contribution in [-0.4, -0.2) is 37.3 Å². The molecule has 8 nitrogen and oxygen atoms in total. The van der Waals surface area contributed by atoms with Gasteiger partial charge in [0.2, 0.25) is 0 Å². The molecule has 0 saturated heterocycles. The molecule has 0 fully saturated rings. The zero-order chi connectivity index (χ0) is 22.8. The Bertz CT molecular complexity index is 1260. The molecular formula is C22H26N4O4S. The first-order valence-corrected chi connectivity index (χ1v) is 11.3. The highest BCUT2D eigenvalue weighted by Crippen LogP contribution is 2.24. The molecule has 1 heterocycles. The van der Waals surface area contributed by atoms with Gasteiger partial charge in [-0.2, -0.15) is 0 Å². The fraction of sp³-hybridized carbons (Fsp3) is 0.273. The number of benzene rings is 2. The Morgan fingerprint density at radius 3 is 2.42 bits per heavy atom. The van der Waals surface area contributed by atoms with E-state index in [0.29, 0.717) is 17.9 Å². The summed E-state index contributed by atoms with van der Waals surface area (Å²) in [4.78, 5) is 25.4. The predicted molar refractivity (Wildman–Crippen MR) is 120 cm³/mol. The number of para-hydroxylation sites is 1. The lowest BCUT2D eigenvalue weighted by atomic mass is 10.2. The zero-order valence-electron chi connectivity index (χ0n) is 18.0. The van der Waals surface area contributed by atoms with Crippen LogP contribution in [0.3, 0.4) is 0 Å². The number of nitrogens with one attached hydrogen (secondary N) is 1. The van der Waals surface area contributed by atoms with Crippen molar-refractivity contribution in [3.63, 3.8) is 0 Å². The largest absolute Gasteiger partial charge is 0.352 e. The Kier molecular flexibility index (Phi) is 6.35. The minimum absolute atomic E-state index is 0.0483. The fourth-order valence-electron chi connectivity index (χ4n) is 3.33. The molecule has 0 spiro atoms. The highest BCUT2D eigenvalue weighted by atomic mass is 32.2. The molecule has 31 heavy (non-hydrogen) atoms. The first-order chi connectivity index (χ1) is 14.7. The Labute approximate surface area is 181 Å². The van der Waals surface area contributed by atoms with Gasteiger partial charge in [-0.1, -0.05) is 31.2 Å². The van der Waals surface area contributed by atoms with E-state index in [9.17, 15) is 18.0 Å². The molecule has 3 aromatic rings. The lowest BCUT2D eigenvalue weighted by Crippen LogP contribution is -2.32. The Morgan fingerprint density at radius 1 is 1.10 bits per heavy atom. The van der Waals surface area contributed by atoms with Crippen LogP contribution in [0.1, 0.15) is 29.4 Å². The van der Waals surface area contributed by atoms with Crippen molar-refractivity contribution in [3.05, 3.63) is 76.2 Å². The molecule has 2 aromatic carbocycles. The van der Waals surface area contributed by atoms with Gasteiger partial charge < -0.3 is 5.32 Å². The van der Waals surface area contributed by atoms with Crippen LogP contribution >= 0.6 is 0 Å². The number of carbonyl (C=O) groups excluding carboxylic acids is 1. The van der Waals surface area contributed by atoms with Crippen LogP contribution in [0.5, 0.6) is 0 Å². The minimum Gasteiger partial charge on any atom is -0.352 e. The lowest BCUT2D eigenvalue weighted by Gasteiger charge is -2.18. The molecule has 0 aliphatic carbocycles. The number of sulfonamides is 1. The molecule has 0 atom stereocenters. The molecule has 0 unspecified atom stereocenters. The second-order valence-electron chi connectivity index (χ2n) is 7.17. The van der Waals surface area contributed by atoms with Crippen molar-refractivity contribution in [1.82, 2.24) is 14.7 Å². The Morgan fingerprint density at radius 2 is 1.77 bits per heavy atom. The van der Waals surface area contributed by atoms with Crippen LogP contribution in [0.25, 0.3) is 5.69 Å². The first kappa shape index (κ1) is 22.4. The van der Waals surface area contributed by atoms with Gasteiger partial charge in [0.05, 0.1) is 16.3 Å². The van der Waals surface area contributed by atoms with E-state index in [2.05, 4.69) is 5.32 Å². The summed E-state index contributed by atoms with van der Waals surface area (Å²) in [6.45, 7) is 4.12. The van der Waals surface area contributed by atoms with Crippen LogP contribution in [0, 0.1) is 6.92 Å². The quantitative estimate of drug-likeness (QED) is 0.608. The van der Waals surface area contributed by atoms with Crippen LogP contribution in [0.4, 0.5) is 5.69 Å². The lowest BCUT2D eigenvalue weighted by molar-refractivity contribution is 0.0953. The molecule has 164 valence electrons. The number of nitrogens with zero attached hydrogens (tertiary/aromatic N) is 3. The number of carbonyl (C=O) groups is 1. The number of amides is 1. The zero-order valence-corrected chi connectivity index (χ0v) is 18.8. The summed E-state index contributed by atoms with van der Waals surface area (Å²) in [5.41, 5.74) is 0.970. The van der Waals surface area contributed by atoms with Crippen molar-refractivity contribution in [1.29, 1.82) is 0 Å². The highest BCUT2D eigenvalue weighted by Gasteiger charge is 2.29. The molecule has 1 N–H and O–H groups in total. The van der Waals surface area contributed by atoms with E-state index in [0.717, 1.165) is 10.7 Å². The third-order valence-electron chi connectivity index (χ3n) is 5.13. The second kappa shape index (κ2) is 8.81. The van der Waals surface area contributed by atoms with Gasteiger partial charge in [0.1, 0.15) is 5.69 Å². The number of aromatic nitrogens is 2. The van der Waals surface area contributed by atoms with Gasteiger partial charge in [0.25, 0.3) is 21.5 Å². The second-order valence-corrected chi connectivity index (χ2v) is 9.14. The van der Waals surface area contributed by atoms with Gasteiger partial charge in [0.15, 0.2) is 0 Å². The maximum absolute atomic E-state index is 13.3. The SMILES string of the molecule is CCCNC(=O)c1cccc(S(=O)(=O)N(C)c2c(C)n(C)n(-c3ccccc3)c2=O)c1. The van der Waals surface area contributed by atoms with Crippen molar-refractivity contribution < 1.29 is 13.2 Å². The maximum atomic E-state index is 13.3. The van der Waals surface area contributed by atoms with Crippen LogP contribution in [0.2, 0.25) is 0 Å². The Hall–Kier alpha value is -3.33. The molecule has 9 heteroatoms. The summed E-state index contributed by atoms with van der Waals surface area (Å²) in [5, 5.41) is 2.73. The third kappa shape index (κ3) is 4.13. The van der Waals surface area contributed by atoms with Gasteiger partial charge in [-0.25, -0.2) is 13.1 Å². The summed E-state index contributed by atoms with van der Waals surface area (Å²) >= 11 is 0. The smallest absolute Gasteiger partial charge is 0.296 e. The standard InChI is InChI=1S/C22H26N4O4S/c1-5-14-23-21(27)17-10-9-13-19(15-17)31(29,30)25(4)20-16(2)24(3)26(22(20)28)18-11-7-6-8-12-18/h6-13,15H,5,14H2,1-4H3,(H,23,27). The fourth-order valence-corrected chi connectivity index (χ4v) is 4.63. The number of hydrogen-bond donors (Lipinski definition) is 1. The third-order valence-corrected chi connectivity index (χ3v) is 6.88. The average molecular weight is 443 g/mol. The van der Waals surface area contributed by atoms with E-state index in [1.54, 1.807) is 49.0 Å². The maximum Gasteiger partial charge on any atom is 0.296 e. The van der Waals surface area contributed by atoms with E-state index >= 15 is 0 Å². The molecule has 3 rings (SSSR count). The summed E-state index contributed by atoms with van der Waals surface area (Å²) in [6.07, 6.45) is 0.771. The van der Waals surface area contributed by atoms with E-state index in [1.807, 2.05) is 13.0 Å². The normalized spacial score (nSPS) is 11.4. The van der Waals surface area contributed by atoms with E-state index in [4.69, 9.17) is 0 Å². The van der Waals surface area contributed by atoms with Gasteiger partial charge in [0, 0.05) is 26.2 Å². The molecule has 0 aliphatic rings. The van der Waals surface area contributed by atoms with Crippen LogP contribution in [0.15, 0.2) is 64.3 Å². The van der Waals surface area contributed by atoms with Crippen molar-refractivity contribution in [3.8, 4) is 5.69 Å². The van der Waals surface area contributed by atoms with Crippen LogP contribution in [-0.2, 0) is 17.1 Å². The topological polar surface area (TPSA) is 93.4 Å². The summed E-state index contributed by atoms with van der Waals surface area (Å²) < 4.78 is 30.7. The summed E-state index contributed by atoms with van der Waals surface area (Å²) in [5.74, 6) is -0.344. The Balaban J connectivity index is 2.05. The van der Waals surface area contributed by atoms with Crippen molar-refractivity contribution in [2.45, 2.75) is 25.2 Å². The predicted octanol–water partition coefficient (Wildman–Crippen LogP) is 2.45. The molecule has 0 bridgehead atoms. The summed E-state index contributed by atoms with van der Waals surface area (Å²) in [7, 11) is -1.03. The average Bonchev–Trinajstić information content (AvgIpc) is 3.00. The van der Waals surface area contributed by atoms with Gasteiger partial charge in [-0.15, -0.1) is 0 Å². The molecule has 0 aliphatic heterocycles. The van der Waals surface area contributed by atoms with Crippen molar-refractivity contribution >= 4 is 21.6 Å². The van der Waals surface area contributed by atoms with E-state index < -0.39 is 15.6 Å². The van der Waals surface area contributed by atoms with E-state index in [-0.39, 0.29) is 22.1 Å². The van der Waals surface area contributed by atoms with Crippen molar-refractivity contribution in [2.75, 3.05) is 17.9 Å². The molecule has 0 saturated carbocycles. The van der Waals surface area contributed by atoms with Crippen LogP contribution < -0.4 is 15.2 Å². The number of anilines is 1.